The zero-order valence-electron chi connectivity index (χ0n) is 15.3. The van der Waals surface area contributed by atoms with Crippen molar-refractivity contribution in [3.8, 4) is 5.75 Å². The number of hydrogen-bond donors (Lipinski definition) is 2. The summed E-state index contributed by atoms with van der Waals surface area (Å²) in [4.78, 5) is 14.4. The molecule has 0 aliphatic rings. The van der Waals surface area contributed by atoms with E-state index in [0.29, 0.717) is 19.0 Å². The van der Waals surface area contributed by atoms with Gasteiger partial charge in [-0.2, -0.15) is 0 Å². The maximum Gasteiger partial charge on any atom is 0.238 e. The molecule has 25 heavy (non-hydrogen) atoms. The van der Waals surface area contributed by atoms with Crippen molar-refractivity contribution in [1.29, 1.82) is 0 Å². The first-order chi connectivity index (χ1) is 12.0. The average molecular weight is 340 g/mol. The number of carbonyl (C=O) groups is 1. The minimum Gasteiger partial charge on any atom is -0.508 e. The van der Waals surface area contributed by atoms with Crippen LogP contribution < -0.4 is 5.32 Å². The van der Waals surface area contributed by atoms with Crippen LogP contribution in [0.5, 0.6) is 5.75 Å². The summed E-state index contributed by atoms with van der Waals surface area (Å²) in [6.07, 6.45) is 0.948. The molecule has 2 N–H and O–H groups in total. The fourth-order valence-electron chi connectivity index (χ4n) is 2.77. The third-order valence-electron chi connectivity index (χ3n) is 4.15. The standard InChI is InChI=1S/C21H28N2O2/c1-4-13-23(14-18-7-5-6-8-20(18)24)15-21(25)22-19-11-9-17(10-12-19)16(2)3/h5-12,16,24H,4,13-15H2,1-3H3,(H,22,25). The molecular formula is C21H28N2O2. The number of nitrogens with zero attached hydrogens (tertiary/aromatic N) is 1. The summed E-state index contributed by atoms with van der Waals surface area (Å²) in [5, 5.41) is 12.9. The first-order valence-electron chi connectivity index (χ1n) is 8.88. The molecular weight excluding hydrogens is 312 g/mol. The van der Waals surface area contributed by atoms with Gasteiger partial charge in [-0.05, 0) is 42.6 Å². The van der Waals surface area contributed by atoms with Gasteiger partial charge in [0.2, 0.25) is 5.91 Å². The zero-order chi connectivity index (χ0) is 18.2. The maximum absolute atomic E-state index is 12.4. The Hall–Kier alpha value is -2.33. The molecule has 0 saturated heterocycles. The second kappa shape index (κ2) is 9.23. The van der Waals surface area contributed by atoms with Crippen LogP contribution in [-0.2, 0) is 11.3 Å². The van der Waals surface area contributed by atoms with Crippen molar-refractivity contribution in [3.63, 3.8) is 0 Å². The predicted molar refractivity (Wildman–Crippen MR) is 103 cm³/mol. The number of aromatic hydroxyl groups is 1. The van der Waals surface area contributed by atoms with Gasteiger partial charge in [0.1, 0.15) is 5.75 Å². The van der Waals surface area contributed by atoms with Crippen molar-refractivity contribution < 1.29 is 9.90 Å². The second-order valence-electron chi connectivity index (χ2n) is 6.66. The van der Waals surface area contributed by atoms with Crippen LogP contribution in [0, 0.1) is 0 Å². The summed E-state index contributed by atoms with van der Waals surface area (Å²) in [5.41, 5.74) is 2.91. The highest BCUT2D eigenvalue weighted by molar-refractivity contribution is 5.92. The Bertz CT molecular complexity index is 681. The summed E-state index contributed by atoms with van der Waals surface area (Å²) in [7, 11) is 0. The number of phenols is 1. The van der Waals surface area contributed by atoms with Gasteiger partial charge in [0.25, 0.3) is 0 Å². The molecule has 0 atom stereocenters. The van der Waals surface area contributed by atoms with E-state index in [1.165, 1.54) is 5.56 Å². The van der Waals surface area contributed by atoms with Gasteiger partial charge in [0, 0.05) is 17.8 Å². The van der Waals surface area contributed by atoms with Crippen LogP contribution in [0.1, 0.15) is 44.2 Å². The van der Waals surface area contributed by atoms with Gasteiger partial charge < -0.3 is 10.4 Å². The molecule has 2 aromatic rings. The lowest BCUT2D eigenvalue weighted by molar-refractivity contribution is -0.117. The third kappa shape index (κ3) is 5.91. The number of rotatable bonds is 8. The molecule has 0 fully saturated rings. The Labute approximate surface area is 150 Å². The fourth-order valence-corrected chi connectivity index (χ4v) is 2.77. The zero-order valence-corrected chi connectivity index (χ0v) is 15.3. The Balaban J connectivity index is 1.96. The van der Waals surface area contributed by atoms with Gasteiger partial charge in [-0.25, -0.2) is 0 Å². The summed E-state index contributed by atoms with van der Waals surface area (Å²) in [6, 6.07) is 15.3. The van der Waals surface area contributed by atoms with Gasteiger partial charge in [0.15, 0.2) is 0 Å². The Morgan fingerprint density at radius 1 is 1.12 bits per heavy atom. The van der Waals surface area contributed by atoms with Crippen LogP contribution in [0.25, 0.3) is 0 Å². The quantitative estimate of drug-likeness (QED) is 0.750. The minimum absolute atomic E-state index is 0.0406. The van der Waals surface area contributed by atoms with Crippen molar-refractivity contribution in [1.82, 2.24) is 4.90 Å². The Kier molecular flexibility index (Phi) is 7.02. The van der Waals surface area contributed by atoms with E-state index in [4.69, 9.17) is 0 Å². The molecule has 0 heterocycles. The van der Waals surface area contributed by atoms with Crippen LogP contribution in [0.15, 0.2) is 48.5 Å². The van der Waals surface area contributed by atoms with Crippen LogP contribution in [-0.4, -0.2) is 29.0 Å². The third-order valence-corrected chi connectivity index (χ3v) is 4.15. The molecule has 0 radical (unpaired) electrons. The van der Waals surface area contributed by atoms with E-state index in [1.807, 2.05) is 41.3 Å². The molecule has 0 aromatic heterocycles. The molecule has 0 unspecified atom stereocenters. The fraction of sp³-hybridized carbons (Fsp3) is 0.381. The lowest BCUT2D eigenvalue weighted by atomic mass is 10.0. The highest BCUT2D eigenvalue weighted by Gasteiger charge is 2.13. The number of nitrogens with one attached hydrogen (secondary N) is 1. The van der Waals surface area contributed by atoms with E-state index < -0.39 is 0 Å². The molecule has 0 bridgehead atoms. The van der Waals surface area contributed by atoms with Crippen molar-refractivity contribution in [3.05, 3.63) is 59.7 Å². The molecule has 1 amide bonds. The molecule has 0 aliphatic carbocycles. The molecule has 2 rings (SSSR count). The number of para-hydroxylation sites is 1. The number of phenolic OH excluding ortho intramolecular Hbond substituents is 1. The molecule has 0 saturated carbocycles. The Morgan fingerprint density at radius 3 is 2.40 bits per heavy atom. The van der Waals surface area contributed by atoms with Gasteiger partial charge in [-0.3, -0.25) is 9.69 Å². The minimum atomic E-state index is -0.0406. The molecule has 2 aromatic carbocycles. The number of hydrogen-bond acceptors (Lipinski definition) is 3. The Morgan fingerprint density at radius 2 is 1.80 bits per heavy atom. The van der Waals surface area contributed by atoms with Crippen LogP contribution in [0.3, 0.4) is 0 Å². The van der Waals surface area contributed by atoms with E-state index in [2.05, 4.69) is 26.1 Å². The summed E-state index contributed by atoms with van der Waals surface area (Å²) in [6.45, 7) is 8.03. The van der Waals surface area contributed by atoms with E-state index in [-0.39, 0.29) is 11.7 Å². The lowest BCUT2D eigenvalue weighted by Crippen LogP contribution is -2.33. The highest BCUT2D eigenvalue weighted by atomic mass is 16.3. The monoisotopic (exact) mass is 340 g/mol. The van der Waals surface area contributed by atoms with E-state index >= 15 is 0 Å². The first-order valence-corrected chi connectivity index (χ1v) is 8.88. The van der Waals surface area contributed by atoms with E-state index in [9.17, 15) is 9.90 Å². The predicted octanol–water partition coefficient (Wildman–Crippen LogP) is 4.37. The number of anilines is 1. The number of amides is 1. The van der Waals surface area contributed by atoms with Gasteiger partial charge >= 0.3 is 0 Å². The second-order valence-corrected chi connectivity index (χ2v) is 6.66. The summed E-state index contributed by atoms with van der Waals surface area (Å²) < 4.78 is 0. The smallest absolute Gasteiger partial charge is 0.238 e. The molecule has 4 heteroatoms. The molecule has 0 spiro atoms. The van der Waals surface area contributed by atoms with Crippen molar-refractivity contribution in [2.45, 2.75) is 39.7 Å². The largest absolute Gasteiger partial charge is 0.508 e. The summed E-state index contributed by atoms with van der Waals surface area (Å²) in [5.74, 6) is 0.706. The first kappa shape index (κ1) is 19.0. The summed E-state index contributed by atoms with van der Waals surface area (Å²) >= 11 is 0. The van der Waals surface area contributed by atoms with Crippen LogP contribution >= 0.6 is 0 Å². The van der Waals surface area contributed by atoms with Gasteiger partial charge in [-0.1, -0.05) is 51.1 Å². The number of benzene rings is 2. The normalized spacial score (nSPS) is 11.1. The molecule has 4 nitrogen and oxygen atoms in total. The topological polar surface area (TPSA) is 52.6 Å². The lowest BCUT2D eigenvalue weighted by Gasteiger charge is -2.21. The van der Waals surface area contributed by atoms with Crippen LogP contribution in [0.4, 0.5) is 5.69 Å². The molecule has 134 valence electrons. The maximum atomic E-state index is 12.4. The van der Waals surface area contributed by atoms with Gasteiger partial charge in [0.05, 0.1) is 6.54 Å². The molecule has 0 aliphatic heterocycles. The SMILES string of the molecule is CCCN(CC(=O)Nc1ccc(C(C)C)cc1)Cc1ccccc1O. The van der Waals surface area contributed by atoms with Gasteiger partial charge in [-0.15, -0.1) is 0 Å². The van der Waals surface area contributed by atoms with Crippen LogP contribution in [0.2, 0.25) is 0 Å². The average Bonchev–Trinajstić information content (AvgIpc) is 2.57. The van der Waals surface area contributed by atoms with Crippen molar-refractivity contribution in [2.75, 3.05) is 18.4 Å². The number of carbonyl (C=O) groups excluding carboxylic acids is 1. The highest BCUT2D eigenvalue weighted by Crippen LogP contribution is 2.19. The van der Waals surface area contributed by atoms with E-state index in [0.717, 1.165) is 24.2 Å². The van der Waals surface area contributed by atoms with Crippen molar-refractivity contribution in [2.24, 2.45) is 0 Å². The van der Waals surface area contributed by atoms with Crippen molar-refractivity contribution >= 4 is 11.6 Å². The van der Waals surface area contributed by atoms with E-state index in [1.54, 1.807) is 12.1 Å².